The van der Waals surface area contributed by atoms with Crippen molar-refractivity contribution >= 4 is 33.6 Å². The summed E-state index contributed by atoms with van der Waals surface area (Å²) in [7, 11) is 0. The summed E-state index contributed by atoms with van der Waals surface area (Å²) >= 11 is 4.74. The molecule has 1 aromatic heterocycles. The standard InChI is InChI=1S/C10H8BrFN4S/c11-8-5-14-10(16-13)15-9(8)17-7-3-1-6(12)2-4-7/h1-5H,13H2,(H,14,15,16). The third-order valence-corrected chi connectivity index (χ3v) is 3.72. The molecule has 17 heavy (non-hydrogen) atoms. The summed E-state index contributed by atoms with van der Waals surface area (Å²) in [6.07, 6.45) is 1.61. The Bertz CT molecular complexity index is 520. The van der Waals surface area contributed by atoms with Gasteiger partial charge < -0.3 is 0 Å². The molecule has 0 aliphatic carbocycles. The van der Waals surface area contributed by atoms with E-state index in [9.17, 15) is 4.39 Å². The first-order valence-corrected chi connectivity index (χ1v) is 6.22. The first-order chi connectivity index (χ1) is 8.19. The van der Waals surface area contributed by atoms with Gasteiger partial charge in [-0.1, -0.05) is 11.8 Å². The number of nitrogen functional groups attached to an aromatic ring is 1. The van der Waals surface area contributed by atoms with Crippen LogP contribution < -0.4 is 11.3 Å². The first-order valence-electron chi connectivity index (χ1n) is 4.61. The van der Waals surface area contributed by atoms with E-state index in [0.29, 0.717) is 11.0 Å². The maximum Gasteiger partial charge on any atom is 0.238 e. The van der Waals surface area contributed by atoms with Crippen molar-refractivity contribution in [2.45, 2.75) is 9.92 Å². The molecule has 3 N–H and O–H groups in total. The van der Waals surface area contributed by atoms with E-state index in [1.54, 1.807) is 18.3 Å². The van der Waals surface area contributed by atoms with Gasteiger partial charge in [-0.3, -0.25) is 5.43 Å². The van der Waals surface area contributed by atoms with Gasteiger partial charge in [-0.15, -0.1) is 0 Å². The largest absolute Gasteiger partial charge is 0.292 e. The molecule has 0 saturated carbocycles. The van der Waals surface area contributed by atoms with Crippen molar-refractivity contribution in [1.29, 1.82) is 0 Å². The molecule has 2 rings (SSSR count). The molecule has 0 aliphatic heterocycles. The van der Waals surface area contributed by atoms with E-state index in [1.807, 2.05) is 0 Å². The van der Waals surface area contributed by atoms with Crippen LogP contribution in [0.15, 0.2) is 44.9 Å². The Morgan fingerprint density at radius 3 is 2.65 bits per heavy atom. The number of nitrogens with zero attached hydrogens (tertiary/aromatic N) is 2. The topological polar surface area (TPSA) is 63.8 Å². The second-order valence-corrected chi connectivity index (χ2v) is 4.96. The lowest BCUT2D eigenvalue weighted by Gasteiger charge is -2.05. The van der Waals surface area contributed by atoms with E-state index in [4.69, 9.17) is 5.84 Å². The zero-order valence-corrected chi connectivity index (χ0v) is 10.9. The van der Waals surface area contributed by atoms with Crippen molar-refractivity contribution in [3.63, 3.8) is 0 Å². The molecule has 4 nitrogen and oxygen atoms in total. The number of nitrogens with two attached hydrogens (primary N) is 1. The monoisotopic (exact) mass is 314 g/mol. The Balaban J connectivity index is 2.25. The number of hydrogen-bond acceptors (Lipinski definition) is 5. The minimum Gasteiger partial charge on any atom is -0.292 e. The molecule has 0 aliphatic rings. The summed E-state index contributed by atoms with van der Waals surface area (Å²) < 4.78 is 13.5. The number of nitrogens with one attached hydrogen (secondary N) is 1. The highest BCUT2D eigenvalue weighted by Crippen LogP contribution is 2.31. The van der Waals surface area contributed by atoms with Gasteiger partial charge in [-0.25, -0.2) is 20.2 Å². The molecule has 0 fully saturated rings. The van der Waals surface area contributed by atoms with Gasteiger partial charge in [-0.2, -0.15) is 0 Å². The first kappa shape index (κ1) is 12.3. The number of hydrazine groups is 1. The number of hydrogen-bond donors (Lipinski definition) is 2. The van der Waals surface area contributed by atoms with Crippen LogP contribution in [0.5, 0.6) is 0 Å². The molecule has 88 valence electrons. The minimum atomic E-state index is -0.264. The van der Waals surface area contributed by atoms with Crippen LogP contribution in [0.25, 0.3) is 0 Å². The van der Waals surface area contributed by atoms with Crippen molar-refractivity contribution in [3.05, 3.63) is 40.8 Å². The van der Waals surface area contributed by atoms with E-state index in [-0.39, 0.29) is 5.82 Å². The third-order valence-electron chi connectivity index (χ3n) is 1.87. The van der Waals surface area contributed by atoms with Crippen molar-refractivity contribution in [1.82, 2.24) is 9.97 Å². The van der Waals surface area contributed by atoms with Crippen molar-refractivity contribution in [2.75, 3.05) is 5.43 Å². The van der Waals surface area contributed by atoms with Gasteiger partial charge in [0.25, 0.3) is 0 Å². The quantitative estimate of drug-likeness (QED) is 0.518. The predicted octanol–water partition coefficient (Wildman–Crippen LogP) is 2.82. The Labute approximate surface area is 110 Å². The van der Waals surface area contributed by atoms with E-state index in [1.165, 1.54) is 23.9 Å². The Hall–Kier alpha value is -1.18. The molecule has 0 amide bonds. The van der Waals surface area contributed by atoms with Crippen molar-refractivity contribution in [2.24, 2.45) is 5.84 Å². The molecule has 0 saturated heterocycles. The third kappa shape index (κ3) is 3.15. The fourth-order valence-corrected chi connectivity index (χ4v) is 2.32. The normalized spacial score (nSPS) is 10.3. The van der Waals surface area contributed by atoms with Crippen LogP contribution in [-0.4, -0.2) is 9.97 Å². The summed E-state index contributed by atoms with van der Waals surface area (Å²) in [5.41, 5.74) is 2.37. The molecule has 0 spiro atoms. The summed E-state index contributed by atoms with van der Waals surface area (Å²) in [5.74, 6) is 5.30. The molecule has 0 atom stereocenters. The molecule has 1 aromatic carbocycles. The summed E-state index contributed by atoms with van der Waals surface area (Å²) in [4.78, 5) is 9.01. The Morgan fingerprint density at radius 1 is 1.29 bits per heavy atom. The highest BCUT2D eigenvalue weighted by Gasteiger charge is 2.06. The van der Waals surface area contributed by atoms with Gasteiger partial charge in [0.2, 0.25) is 5.95 Å². The lowest BCUT2D eigenvalue weighted by molar-refractivity contribution is 0.626. The van der Waals surface area contributed by atoms with Crippen LogP contribution in [0, 0.1) is 5.82 Å². The lowest BCUT2D eigenvalue weighted by Crippen LogP contribution is -2.10. The van der Waals surface area contributed by atoms with Gasteiger partial charge in [0.05, 0.1) is 4.47 Å². The summed E-state index contributed by atoms with van der Waals surface area (Å²) in [6.45, 7) is 0. The van der Waals surface area contributed by atoms with E-state index in [0.717, 1.165) is 9.37 Å². The Kier molecular flexibility index (Phi) is 3.93. The molecule has 7 heteroatoms. The van der Waals surface area contributed by atoms with Crippen LogP contribution >= 0.6 is 27.7 Å². The van der Waals surface area contributed by atoms with Gasteiger partial charge in [-0.05, 0) is 40.2 Å². The Morgan fingerprint density at radius 2 is 2.00 bits per heavy atom. The van der Waals surface area contributed by atoms with Gasteiger partial charge in [0.15, 0.2) is 0 Å². The smallest absolute Gasteiger partial charge is 0.238 e. The van der Waals surface area contributed by atoms with E-state index in [2.05, 4.69) is 31.3 Å². The molecule has 0 bridgehead atoms. The molecule has 1 heterocycles. The van der Waals surface area contributed by atoms with Crippen LogP contribution in [0.2, 0.25) is 0 Å². The summed E-state index contributed by atoms with van der Waals surface area (Å²) in [5, 5.41) is 0.708. The van der Waals surface area contributed by atoms with Crippen LogP contribution in [0.1, 0.15) is 0 Å². The van der Waals surface area contributed by atoms with Crippen LogP contribution in [0.4, 0.5) is 10.3 Å². The lowest BCUT2D eigenvalue weighted by atomic mass is 10.4. The molecule has 0 radical (unpaired) electrons. The molecule has 0 unspecified atom stereocenters. The second-order valence-electron chi connectivity index (χ2n) is 3.05. The van der Waals surface area contributed by atoms with Gasteiger partial charge in [0, 0.05) is 11.1 Å². The van der Waals surface area contributed by atoms with E-state index >= 15 is 0 Å². The van der Waals surface area contributed by atoms with Crippen molar-refractivity contribution < 1.29 is 4.39 Å². The fraction of sp³-hybridized carbons (Fsp3) is 0. The summed E-state index contributed by atoms with van der Waals surface area (Å²) in [6, 6.07) is 6.17. The highest BCUT2D eigenvalue weighted by atomic mass is 79.9. The fourth-order valence-electron chi connectivity index (χ4n) is 1.11. The zero-order chi connectivity index (χ0) is 12.3. The molecular formula is C10H8BrFN4S. The number of anilines is 1. The highest BCUT2D eigenvalue weighted by molar-refractivity contribution is 9.10. The second kappa shape index (κ2) is 5.44. The average molecular weight is 315 g/mol. The molecule has 2 aromatic rings. The maximum atomic E-state index is 12.8. The predicted molar refractivity (Wildman–Crippen MR) is 68.1 cm³/mol. The van der Waals surface area contributed by atoms with E-state index < -0.39 is 0 Å². The van der Waals surface area contributed by atoms with Crippen LogP contribution in [-0.2, 0) is 0 Å². The van der Waals surface area contributed by atoms with Crippen molar-refractivity contribution in [3.8, 4) is 0 Å². The minimum absolute atomic E-state index is 0.264. The number of benzene rings is 1. The zero-order valence-electron chi connectivity index (χ0n) is 8.52. The van der Waals surface area contributed by atoms with Crippen LogP contribution in [0.3, 0.4) is 0 Å². The number of rotatable bonds is 3. The van der Waals surface area contributed by atoms with Gasteiger partial charge in [0.1, 0.15) is 10.8 Å². The maximum absolute atomic E-state index is 12.8. The number of aromatic nitrogens is 2. The molecular weight excluding hydrogens is 307 g/mol. The average Bonchev–Trinajstić information content (AvgIpc) is 2.35. The SMILES string of the molecule is NNc1ncc(Br)c(Sc2ccc(F)cc2)n1. The number of halogens is 2. The van der Waals surface area contributed by atoms with Gasteiger partial charge >= 0.3 is 0 Å².